The second-order valence-corrected chi connectivity index (χ2v) is 8.62. The summed E-state index contributed by atoms with van der Waals surface area (Å²) in [4.78, 5) is 18.8. The van der Waals surface area contributed by atoms with Gasteiger partial charge in [-0.1, -0.05) is 30.3 Å². The van der Waals surface area contributed by atoms with Gasteiger partial charge < -0.3 is 9.80 Å². The molecule has 3 aliphatic rings. The Kier molecular flexibility index (Phi) is 4.84. The molecule has 3 aliphatic heterocycles. The third kappa shape index (κ3) is 3.96. The van der Waals surface area contributed by atoms with Crippen molar-refractivity contribution < 1.29 is 13.2 Å². The SMILES string of the molecule is O=C(C1=CC=CN2CCS(=O)(=O)N=C12)N1CCN(Cc2ccccc2)CC1. The van der Waals surface area contributed by atoms with E-state index in [1.807, 2.05) is 18.2 Å². The Hall–Kier alpha value is -2.45. The highest BCUT2D eigenvalue weighted by atomic mass is 32.2. The highest BCUT2D eigenvalue weighted by molar-refractivity contribution is 7.90. The van der Waals surface area contributed by atoms with Gasteiger partial charge in [0.2, 0.25) is 0 Å². The van der Waals surface area contributed by atoms with Crippen LogP contribution in [0.25, 0.3) is 0 Å². The van der Waals surface area contributed by atoms with E-state index in [1.165, 1.54) is 5.56 Å². The van der Waals surface area contributed by atoms with Crippen molar-refractivity contribution >= 4 is 21.8 Å². The summed E-state index contributed by atoms with van der Waals surface area (Å²) in [5.41, 5.74) is 1.62. The molecule has 4 rings (SSSR count). The van der Waals surface area contributed by atoms with Crippen molar-refractivity contribution in [3.63, 3.8) is 0 Å². The van der Waals surface area contributed by atoms with Gasteiger partial charge in [0.1, 0.15) is 0 Å². The molecule has 27 heavy (non-hydrogen) atoms. The number of hydrogen-bond acceptors (Lipinski definition) is 5. The Morgan fingerprint density at radius 2 is 1.78 bits per heavy atom. The zero-order valence-corrected chi connectivity index (χ0v) is 15.8. The number of rotatable bonds is 3. The zero-order chi connectivity index (χ0) is 18.9. The first-order chi connectivity index (χ1) is 13.0. The van der Waals surface area contributed by atoms with Crippen LogP contribution in [0.2, 0.25) is 0 Å². The number of benzene rings is 1. The molecule has 142 valence electrons. The first kappa shape index (κ1) is 17.9. The second-order valence-electron chi connectivity index (χ2n) is 6.87. The van der Waals surface area contributed by atoms with Crippen molar-refractivity contribution in [2.24, 2.45) is 4.40 Å². The standard InChI is InChI=1S/C19H22N4O3S/c24-19(17-7-4-8-22-13-14-27(25,26)20-18(17)22)23-11-9-21(10-12-23)15-16-5-2-1-3-6-16/h1-8H,9-15H2. The summed E-state index contributed by atoms with van der Waals surface area (Å²) in [6, 6.07) is 10.3. The number of nitrogens with zero attached hydrogens (tertiary/aromatic N) is 4. The predicted octanol–water partition coefficient (Wildman–Crippen LogP) is 0.828. The molecule has 3 heterocycles. The molecule has 0 radical (unpaired) electrons. The first-order valence-corrected chi connectivity index (χ1v) is 10.7. The van der Waals surface area contributed by atoms with Crippen molar-refractivity contribution in [1.29, 1.82) is 0 Å². The maximum atomic E-state index is 13.0. The minimum absolute atomic E-state index is 0.0273. The van der Waals surface area contributed by atoms with Gasteiger partial charge in [0.05, 0.1) is 11.3 Å². The fraction of sp³-hybridized carbons (Fsp3) is 0.368. The molecule has 1 aromatic carbocycles. The molecule has 0 N–H and O–H groups in total. The minimum atomic E-state index is -3.50. The largest absolute Gasteiger partial charge is 0.336 e. The number of piperazine rings is 1. The molecule has 0 atom stereocenters. The minimum Gasteiger partial charge on any atom is -0.336 e. The first-order valence-electron chi connectivity index (χ1n) is 9.05. The molecule has 0 aliphatic carbocycles. The summed E-state index contributed by atoms with van der Waals surface area (Å²) in [6.45, 7) is 4.01. The van der Waals surface area contributed by atoms with Gasteiger partial charge in [0.15, 0.2) is 5.84 Å². The van der Waals surface area contributed by atoms with Crippen LogP contribution < -0.4 is 0 Å². The fourth-order valence-electron chi connectivity index (χ4n) is 3.50. The lowest BCUT2D eigenvalue weighted by atomic mass is 10.1. The Balaban J connectivity index is 1.43. The Bertz CT molecular complexity index is 914. The van der Waals surface area contributed by atoms with Gasteiger partial charge in [-0.05, 0) is 17.7 Å². The summed E-state index contributed by atoms with van der Waals surface area (Å²) >= 11 is 0. The van der Waals surface area contributed by atoms with Crippen LogP contribution >= 0.6 is 0 Å². The molecule has 1 saturated heterocycles. The third-order valence-corrected chi connectivity index (χ3v) is 6.15. The van der Waals surface area contributed by atoms with Crippen LogP contribution in [0.5, 0.6) is 0 Å². The van der Waals surface area contributed by atoms with E-state index in [9.17, 15) is 13.2 Å². The van der Waals surface area contributed by atoms with Gasteiger partial charge in [-0.25, -0.2) is 8.42 Å². The summed E-state index contributed by atoms with van der Waals surface area (Å²) < 4.78 is 27.6. The number of carbonyl (C=O) groups excluding carboxylic acids is 1. The molecular formula is C19H22N4O3S. The monoisotopic (exact) mass is 386 g/mol. The second kappa shape index (κ2) is 7.28. The lowest BCUT2D eigenvalue weighted by molar-refractivity contribution is -0.128. The number of fused-ring (bicyclic) bond motifs is 1. The van der Waals surface area contributed by atoms with Gasteiger partial charge in [0, 0.05) is 45.5 Å². The summed E-state index contributed by atoms with van der Waals surface area (Å²) in [5, 5.41) is 0. The van der Waals surface area contributed by atoms with E-state index in [-0.39, 0.29) is 17.5 Å². The molecule has 1 fully saturated rings. The summed E-state index contributed by atoms with van der Waals surface area (Å²) in [5.74, 6) is 0.0699. The molecule has 0 unspecified atom stereocenters. The van der Waals surface area contributed by atoms with Crippen LogP contribution in [0.15, 0.2) is 58.7 Å². The normalized spacial score (nSPS) is 22.1. The van der Waals surface area contributed by atoms with E-state index in [4.69, 9.17) is 0 Å². The Morgan fingerprint density at radius 3 is 2.52 bits per heavy atom. The molecule has 0 bridgehead atoms. The maximum absolute atomic E-state index is 13.0. The Morgan fingerprint density at radius 1 is 1.04 bits per heavy atom. The average Bonchev–Trinajstić information content (AvgIpc) is 2.68. The number of amidine groups is 1. The van der Waals surface area contributed by atoms with Crippen LogP contribution in [-0.4, -0.2) is 73.3 Å². The average molecular weight is 386 g/mol. The maximum Gasteiger partial charge on any atom is 0.257 e. The molecule has 1 amide bonds. The molecule has 7 nitrogen and oxygen atoms in total. The van der Waals surface area contributed by atoms with Crippen molar-refractivity contribution in [3.05, 3.63) is 59.8 Å². The topological polar surface area (TPSA) is 73.3 Å². The summed E-state index contributed by atoms with van der Waals surface area (Å²) in [6.07, 6.45) is 5.20. The van der Waals surface area contributed by atoms with Crippen LogP contribution in [0.4, 0.5) is 0 Å². The van der Waals surface area contributed by atoms with Gasteiger partial charge >= 0.3 is 0 Å². The van der Waals surface area contributed by atoms with E-state index in [0.29, 0.717) is 25.2 Å². The van der Waals surface area contributed by atoms with E-state index in [2.05, 4.69) is 21.4 Å². The third-order valence-electron chi connectivity index (χ3n) is 5.00. The van der Waals surface area contributed by atoms with E-state index in [1.54, 1.807) is 28.2 Å². The molecule has 8 heteroatoms. The van der Waals surface area contributed by atoms with Gasteiger partial charge in [-0.3, -0.25) is 9.69 Å². The van der Waals surface area contributed by atoms with Gasteiger partial charge in [0.25, 0.3) is 15.9 Å². The fourth-order valence-corrected chi connectivity index (χ4v) is 4.49. The van der Waals surface area contributed by atoms with Crippen LogP contribution in [0, 0.1) is 0 Å². The molecule has 0 aromatic heterocycles. The quantitative estimate of drug-likeness (QED) is 0.769. The number of hydrogen-bond donors (Lipinski definition) is 0. The molecule has 1 aromatic rings. The van der Waals surface area contributed by atoms with Crippen LogP contribution in [0.1, 0.15) is 5.56 Å². The van der Waals surface area contributed by atoms with E-state index in [0.717, 1.165) is 19.6 Å². The molecular weight excluding hydrogens is 364 g/mol. The number of carbonyl (C=O) groups is 1. The number of allylic oxidation sites excluding steroid dienone is 2. The van der Waals surface area contributed by atoms with Crippen molar-refractivity contribution in [3.8, 4) is 0 Å². The number of sulfonamides is 1. The van der Waals surface area contributed by atoms with Crippen LogP contribution in [0.3, 0.4) is 0 Å². The summed E-state index contributed by atoms with van der Waals surface area (Å²) in [7, 11) is -3.50. The smallest absolute Gasteiger partial charge is 0.257 e. The number of amides is 1. The zero-order valence-electron chi connectivity index (χ0n) is 15.0. The molecule has 0 saturated carbocycles. The predicted molar refractivity (Wildman–Crippen MR) is 103 cm³/mol. The van der Waals surface area contributed by atoms with E-state index >= 15 is 0 Å². The lowest BCUT2D eigenvalue weighted by Crippen LogP contribution is -2.50. The highest BCUT2D eigenvalue weighted by Crippen LogP contribution is 2.20. The van der Waals surface area contributed by atoms with E-state index < -0.39 is 10.0 Å². The Labute approximate surface area is 159 Å². The van der Waals surface area contributed by atoms with Crippen molar-refractivity contribution in [2.45, 2.75) is 6.54 Å². The highest BCUT2D eigenvalue weighted by Gasteiger charge is 2.33. The van der Waals surface area contributed by atoms with Gasteiger partial charge in [-0.15, -0.1) is 4.40 Å². The lowest BCUT2D eigenvalue weighted by Gasteiger charge is -2.36. The van der Waals surface area contributed by atoms with Crippen molar-refractivity contribution in [1.82, 2.24) is 14.7 Å². The van der Waals surface area contributed by atoms with Gasteiger partial charge in [-0.2, -0.15) is 0 Å². The van der Waals surface area contributed by atoms with Crippen molar-refractivity contribution in [2.75, 3.05) is 38.5 Å². The van der Waals surface area contributed by atoms with Crippen LogP contribution in [-0.2, 0) is 21.4 Å². The molecule has 0 spiro atoms.